The van der Waals surface area contributed by atoms with E-state index in [1.165, 1.54) is 162 Å². The van der Waals surface area contributed by atoms with Gasteiger partial charge >= 0.3 is 5.97 Å². The number of nitrogens with two attached hydrogens (primary N) is 1. The molecule has 10 heterocycles. The van der Waals surface area contributed by atoms with E-state index < -0.39 is 28.8 Å². The molecular formula is C83H105F3N6O15S15. The second-order valence-electron chi connectivity index (χ2n) is 27.9. The molecule has 39 heteroatoms. The van der Waals surface area contributed by atoms with Gasteiger partial charge in [0.15, 0.2) is 85.9 Å². The normalized spacial score (nSPS) is 10.6. The highest BCUT2D eigenvalue weighted by molar-refractivity contribution is 7.45. The van der Waals surface area contributed by atoms with Crippen LogP contribution in [0.25, 0.3) is 51.1 Å². The number of fused-ring (bicyclic) bond motifs is 5. The molecule has 0 radical (unpaired) electrons. The first-order chi connectivity index (χ1) is 58.6. The van der Waals surface area contributed by atoms with Crippen molar-refractivity contribution in [2.45, 2.75) is 238 Å². The molecule has 0 aliphatic rings. The Morgan fingerprint density at radius 1 is 0.402 bits per heavy atom. The lowest BCUT2D eigenvalue weighted by Gasteiger charge is -2.19. The van der Waals surface area contributed by atoms with Crippen molar-refractivity contribution in [2.24, 2.45) is 5.73 Å². The largest absolute Gasteiger partial charge is 0.497 e. The number of Topliss-reactive ketones (excluding diaryl/α,β-unsaturated/α-hetero) is 1. The van der Waals surface area contributed by atoms with Crippen LogP contribution in [-0.2, 0) is 83.6 Å². The Morgan fingerprint density at radius 2 is 0.713 bits per heavy atom. The molecule has 1 amide bonds. The van der Waals surface area contributed by atoms with Crippen molar-refractivity contribution in [2.75, 3.05) is 33.5 Å². The second kappa shape index (κ2) is 60.2. The number of ether oxygens (including phenoxy) is 7. The third-order valence-corrected chi connectivity index (χ3v) is 28.4. The summed E-state index contributed by atoms with van der Waals surface area (Å²) in [5, 5.41) is 3.53. The lowest BCUT2D eigenvalue weighted by Crippen LogP contribution is -2.24. The van der Waals surface area contributed by atoms with Crippen molar-refractivity contribution in [1.82, 2.24) is 24.9 Å². The zero-order chi connectivity index (χ0) is 91.0. The molecule has 2 aromatic carbocycles. The number of hydrogen-bond donors (Lipinski definition) is 1. The maximum atomic E-state index is 13.2. The van der Waals surface area contributed by atoms with Crippen molar-refractivity contribution in [3.63, 3.8) is 0 Å². The lowest BCUT2D eigenvalue weighted by atomic mass is 10.1. The van der Waals surface area contributed by atoms with Gasteiger partial charge in [0.25, 0.3) is 26.0 Å². The lowest BCUT2D eigenvalue weighted by molar-refractivity contribution is -0.155. The zero-order valence-corrected chi connectivity index (χ0v) is 83.2. The molecule has 0 saturated carbocycles. The fourth-order valence-corrected chi connectivity index (χ4v) is 22.1. The van der Waals surface area contributed by atoms with Crippen molar-refractivity contribution in [1.29, 1.82) is 0 Å². The van der Waals surface area contributed by atoms with Crippen LogP contribution >= 0.6 is 113 Å². The summed E-state index contributed by atoms with van der Waals surface area (Å²) in [6, 6.07) is 9.34. The van der Waals surface area contributed by atoms with Gasteiger partial charge in [0, 0.05) is 67.2 Å². The molecule has 0 unspecified atom stereocenters. The van der Waals surface area contributed by atoms with Crippen LogP contribution in [0.1, 0.15) is 221 Å². The van der Waals surface area contributed by atoms with Gasteiger partial charge in [-0.2, -0.15) is 21.0 Å². The number of benzene rings is 2. The maximum Gasteiger partial charge on any atom is 0.309 e. The first-order valence-corrected chi connectivity index (χ1v) is 48.7. The van der Waals surface area contributed by atoms with Crippen LogP contribution in [0, 0.1) is 86.7 Å². The van der Waals surface area contributed by atoms with E-state index in [2.05, 4.69) is 169 Å². The number of thiophene rings is 5. The molecule has 21 nitrogen and oxygen atoms in total. The van der Waals surface area contributed by atoms with Crippen LogP contribution in [0.3, 0.4) is 0 Å². The minimum absolute atomic E-state index is 0.110. The Kier molecular flexibility index (Phi) is 54.1. The fourth-order valence-electron chi connectivity index (χ4n) is 11.6. The molecule has 0 aliphatic carbocycles. The van der Waals surface area contributed by atoms with Gasteiger partial charge in [0.05, 0.1) is 84.4 Å². The summed E-state index contributed by atoms with van der Waals surface area (Å²) < 4.78 is 123. The average Bonchev–Trinajstić information content (AvgIpc) is 1.66. The number of allylic oxidation sites excluding steroid dienone is 2. The Bertz CT molecular complexity index is 4910. The number of esters is 1. The monoisotopic (exact) mass is 1960 g/mol. The number of halogens is 3. The Morgan fingerprint density at radius 3 is 1.04 bits per heavy atom. The van der Waals surface area contributed by atoms with Crippen LogP contribution in [-0.4, -0.2) is 103 Å². The number of carbonyl (C=O) groups is 3. The summed E-state index contributed by atoms with van der Waals surface area (Å²) in [6.07, 6.45) is 25.5. The summed E-state index contributed by atoms with van der Waals surface area (Å²) in [5.74, 6) is -4.35. The number of ketones is 1. The van der Waals surface area contributed by atoms with Gasteiger partial charge in [-0.05, 0) is 178 Å². The highest BCUT2D eigenvalue weighted by Gasteiger charge is 2.21. The van der Waals surface area contributed by atoms with E-state index in [1.807, 2.05) is 63.3 Å². The smallest absolute Gasteiger partial charge is 0.309 e. The summed E-state index contributed by atoms with van der Waals surface area (Å²) in [5.41, 5.74) is 10.9. The highest BCUT2D eigenvalue weighted by atomic mass is 32.1. The number of amides is 1. The van der Waals surface area contributed by atoms with E-state index in [4.69, 9.17) is 59.9 Å². The number of unbranched alkanes of at least 4 members (excludes halogenated alkanes) is 13. The van der Waals surface area contributed by atoms with E-state index in [0.717, 1.165) is 102 Å². The summed E-state index contributed by atoms with van der Waals surface area (Å²) >= 11 is 31.0. The fraction of sp³-hybridized carbons (Fsp3) is 0.494. The van der Waals surface area contributed by atoms with E-state index in [0.29, 0.717) is 56.1 Å². The second-order valence-corrected chi connectivity index (χ2v) is 39.8. The molecule has 122 heavy (non-hydrogen) atoms. The molecule has 12 rings (SSSR count). The molecule has 0 fully saturated rings. The van der Waals surface area contributed by atoms with Crippen LogP contribution in [0.2, 0.25) is 0 Å². The number of aromatic nitrogens is 5. The molecule has 0 saturated heterocycles. The van der Waals surface area contributed by atoms with Gasteiger partial charge in [-0.15, -0.1) is 56.7 Å². The van der Waals surface area contributed by atoms with Crippen LogP contribution < -0.4 is 34.2 Å². The summed E-state index contributed by atoms with van der Waals surface area (Å²) in [7, 11) is 1.66. The third-order valence-electron chi connectivity index (χ3n) is 17.3. The number of primary amides is 1. The number of carbonyl (C=O) groups excluding carboxylic acids is 3. The van der Waals surface area contributed by atoms with Crippen LogP contribution in [0.15, 0.2) is 48.6 Å². The molecule has 668 valence electrons. The van der Waals surface area contributed by atoms with E-state index in [1.54, 1.807) is 86.5 Å². The molecule has 0 bridgehead atoms. The Labute approximate surface area is 778 Å². The topological polar surface area (TPSA) is 292 Å². The summed E-state index contributed by atoms with van der Waals surface area (Å²) in [6.45, 7) is 31.4. The van der Waals surface area contributed by atoms with E-state index in [9.17, 15) is 27.6 Å². The SMILES string of the molecule is CCCCCC/C=C/CCCCCCCCCOc1nc2c(C)sc(C)c2s1.COc1ccc(COc2nc3c(C)sc(C)c3s2)cc1.Cc1sc(C)c2sc(OCCC(=O)OC(C)(C)C)nc12.Cc1sc(C)c2sc(OCCCCC(=O)c3cc(F)c(F)c(F)c3)nc12.Cc1sc(C)c2sc(OCCCCC(N)=O)nc12.O=S.O=S.O=S.O=S.O=S. The molecule has 12 aromatic rings. The van der Waals surface area contributed by atoms with Crippen molar-refractivity contribution >= 4 is 245 Å². The van der Waals surface area contributed by atoms with Gasteiger partial charge in [-0.25, -0.2) is 38.1 Å². The van der Waals surface area contributed by atoms with Crippen molar-refractivity contribution < 1.29 is 81.8 Å². The first kappa shape index (κ1) is 110. The summed E-state index contributed by atoms with van der Waals surface area (Å²) in [4.78, 5) is 69.3. The van der Waals surface area contributed by atoms with Crippen molar-refractivity contribution in [3.8, 4) is 31.7 Å². The quantitative estimate of drug-likeness (QED) is 0.0124. The molecule has 0 atom stereocenters. The molecule has 2 N–H and O–H groups in total. The molecule has 10 aromatic heterocycles. The minimum atomic E-state index is -1.57. The first-order valence-electron chi connectivity index (χ1n) is 38.9. The van der Waals surface area contributed by atoms with Crippen LogP contribution in [0.4, 0.5) is 13.2 Å². The number of hydrogen-bond acceptors (Lipinski definition) is 35. The standard InChI is InChI=1S/C24H39NOS2.C18H16F3NO2S2.C15H15NO2S2.C14H19NO3S2.C12H16N2O2S2.5OS/c1-4-5-6-7-8-9-10-11-12-13-14-15-16-17-18-19-26-24-25-22-20(2)27-21(3)23(22)28-24;1-9-16-17(10(2)25-9)26-18(22-16)24-6-4-3-5-14(23)11-7-12(19)15(21)13(20)8-11;1-9-13-14(10(2)19-9)20-15(16-13)18-8-11-4-6-12(17-3)7-5-11;1-8-11-12(9(2)19-8)20-13(15-11)17-7-6-10(16)18-14(3,4)5;1-7-10-11(8(2)17-7)18-12(14-10)16-6-4-3-5-9(13)15;5*1-2/h9-10H,4-8,11-19H2,1-3H3;7-8H,3-6H2,1-2H3;4-7H,8H2,1-3H3;6-7H2,1-5H3;3-6H2,1-2H3,(H2,13,15);;;;;/b10-9+;;;;;;;;;. The minimum Gasteiger partial charge on any atom is -0.497 e. The Balaban J connectivity index is 0.000000386. The molecule has 0 spiro atoms. The van der Waals surface area contributed by atoms with Gasteiger partial charge in [-0.3, -0.25) is 14.4 Å². The van der Waals surface area contributed by atoms with Crippen molar-refractivity contribution in [3.05, 3.63) is 126 Å². The predicted octanol–water partition coefficient (Wildman–Crippen LogP) is 24.8. The third kappa shape index (κ3) is 37.5. The van der Waals surface area contributed by atoms with E-state index >= 15 is 0 Å². The number of thiazole rings is 5. The molecule has 0 aliphatic heterocycles. The van der Waals surface area contributed by atoms with Crippen LogP contribution in [0.5, 0.6) is 31.7 Å². The van der Waals surface area contributed by atoms with Gasteiger partial charge in [0.2, 0.25) is 5.91 Å². The number of methoxy groups -OCH3 is 1. The van der Waals surface area contributed by atoms with E-state index in [-0.39, 0.29) is 30.3 Å². The molecular weight excluding hydrogens is 1860 g/mol. The van der Waals surface area contributed by atoms with Gasteiger partial charge in [-0.1, -0.05) is 139 Å². The number of aryl methyl sites for hydroxylation is 10. The predicted molar refractivity (Wildman–Crippen MR) is 508 cm³/mol. The number of nitrogens with zero attached hydrogens (tertiary/aromatic N) is 5. The Hall–Kier alpha value is -6.57. The maximum absolute atomic E-state index is 13.2. The van der Waals surface area contributed by atoms with Gasteiger partial charge < -0.3 is 38.9 Å². The number of rotatable bonds is 37. The highest BCUT2D eigenvalue weighted by Crippen LogP contribution is 2.42. The zero-order valence-electron chi connectivity index (χ0n) is 71.0. The van der Waals surface area contributed by atoms with Gasteiger partial charge in [0.1, 0.15) is 24.6 Å². The average molecular weight is 1960 g/mol.